The van der Waals surface area contributed by atoms with Crippen LogP contribution in [0.3, 0.4) is 0 Å². The summed E-state index contributed by atoms with van der Waals surface area (Å²) in [6.07, 6.45) is -2.31. The molecule has 0 unspecified atom stereocenters. The maximum atomic E-state index is 12.8. The summed E-state index contributed by atoms with van der Waals surface area (Å²) in [5, 5.41) is 17.1. The van der Waals surface area contributed by atoms with Crippen LogP contribution in [0.25, 0.3) is 16.7 Å². The zero-order valence-corrected chi connectivity index (χ0v) is 16.9. The van der Waals surface area contributed by atoms with Gasteiger partial charge in [-0.25, -0.2) is 19.6 Å². The zero-order valence-electron chi connectivity index (χ0n) is 16.9. The van der Waals surface area contributed by atoms with Crippen molar-refractivity contribution in [3.63, 3.8) is 0 Å². The van der Waals surface area contributed by atoms with E-state index in [1.54, 1.807) is 12.1 Å². The van der Waals surface area contributed by atoms with Crippen LogP contribution in [-0.4, -0.2) is 35.7 Å². The number of fused-ring (bicyclic) bond motifs is 1. The van der Waals surface area contributed by atoms with Crippen LogP contribution in [0.15, 0.2) is 48.9 Å². The number of nitrogens with one attached hydrogen (secondary N) is 1. The van der Waals surface area contributed by atoms with Crippen LogP contribution in [0, 0.1) is 0 Å². The molecule has 164 valence electrons. The third-order valence-corrected chi connectivity index (χ3v) is 4.71. The van der Waals surface area contributed by atoms with Gasteiger partial charge in [-0.3, -0.25) is 4.79 Å². The first-order valence-corrected chi connectivity index (χ1v) is 9.53. The third-order valence-electron chi connectivity index (χ3n) is 4.71. The summed E-state index contributed by atoms with van der Waals surface area (Å²) in [6, 6.07) is 7.75. The topological polar surface area (TPSA) is 106 Å². The molecular formula is C21H17F3N6O2. The smallest absolute Gasteiger partial charge is 0.416 e. The second kappa shape index (κ2) is 7.91. The van der Waals surface area contributed by atoms with E-state index < -0.39 is 17.6 Å². The highest BCUT2D eigenvalue weighted by atomic mass is 19.4. The number of aromatic hydroxyl groups is 1. The minimum Gasteiger partial charge on any atom is -0.492 e. The van der Waals surface area contributed by atoms with E-state index in [2.05, 4.69) is 25.4 Å². The van der Waals surface area contributed by atoms with Crippen LogP contribution in [-0.2, 0) is 6.18 Å². The van der Waals surface area contributed by atoms with Gasteiger partial charge in [0.1, 0.15) is 17.7 Å². The van der Waals surface area contributed by atoms with Gasteiger partial charge in [0.15, 0.2) is 5.52 Å². The van der Waals surface area contributed by atoms with Crippen molar-refractivity contribution in [1.29, 1.82) is 0 Å². The Morgan fingerprint density at radius 2 is 1.81 bits per heavy atom. The standard InChI is InChI=1S/C21H17F3N6O2/c1-11(2)16-17-18(20(32)27-10-26-17)30(29-16)14-5-3-12(4-6-14)19(31)28-15-9-13(7-8-25-15)21(22,23)24/h3-11H,1-2H3,(H,25,28,31)(H,26,27,32). The van der Waals surface area contributed by atoms with E-state index in [9.17, 15) is 23.1 Å². The monoisotopic (exact) mass is 442 g/mol. The molecule has 0 aliphatic heterocycles. The minimum absolute atomic E-state index is 0.0399. The lowest BCUT2D eigenvalue weighted by Gasteiger charge is -2.09. The third kappa shape index (κ3) is 3.96. The second-order valence-corrected chi connectivity index (χ2v) is 7.27. The Balaban J connectivity index is 1.63. The van der Waals surface area contributed by atoms with Crippen LogP contribution in [0.4, 0.5) is 19.0 Å². The minimum atomic E-state index is -4.54. The predicted molar refractivity (Wildman–Crippen MR) is 110 cm³/mol. The van der Waals surface area contributed by atoms with Crippen molar-refractivity contribution in [3.8, 4) is 11.6 Å². The van der Waals surface area contributed by atoms with Gasteiger partial charge in [0, 0.05) is 11.8 Å². The van der Waals surface area contributed by atoms with E-state index in [0.29, 0.717) is 22.4 Å². The molecule has 3 aromatic heterocycles. The molecule has 1 amide bonds. The summed E-state index contributed by atoms with van der Waals surface area (Å²) < 4.78 is 40.0. The largest absolute Gasteiger partial charge is 0.492 e. The fourth-order valence-electron chi connectivity index (χ4n) is 3.15. The Hall–Kier alpha value is -4.02. The molecule has 0 bridgehead atoms. The molecule has 4 aromatic rings. The van der Waals surface area contributed by atoms with Crippen LogP contribution in [0.2, 0.25) is 0 Å². The van der Waals surface area contributed by atoms with Gasteiger partial charge in [0.25, 0.3) is 5.91 Å². The molecule has 0 aliphatic rings. The molecule has 32 heavy (non-hydrogen) atoms. The van der Waals surface area contributed by atoms with Crippen molar-refractivity contribution >= 4 is 22.8 Å². The summed E-state index contributed by atoms with van der Waals surface area (Å²) in [5.74, 6) is -1.02. The summed E-state index contributed by atoms with van der Waals surface area (Å²) >= 11 is 0. The number of halogens is 3. The number of aromatic nitrogens is 5. The molecule has 3 heterocycles. The van der Waals surface area contributed by atoms with Gasteiger partial charge in [0.2, 0.25) is 5.88 Å². The summed E-state index contributed by atoms with van der Waals surface area (Å²) in [6.45, 7) is 3.89. The molecule has 4 rings (SSSR count). The fourth-order valence-corrected chi connectivity index (χ4v) is 3.15. The molecule has 11 heteroatoms. The Kier molecular flexibility index (Phi) is 5.25. The lowest BCUT2D eigenvalue weighted by Crippen LogP contribution is -2.14. The van der Waals surface area contributed by atoms with Gasteiger partial charge in [0.05, 0.1) is 16.9 Å². The van der Waals surface area contributed by atoms with Gasteiger partial charge in [-0.2, -0.15) is 18.3 Å². The van der Waals surface area contributed by atoms with Crippen molar-refractivity contribution in [2.45, 2.75) is 25.9 Å². The van der Waals surface area contributed by atoms with Crippen molar-refractivity contribution < 1.29 is 23.1 Å². The summed E-state index contributed by atoms with van der Waals surface area (Å²) in [7, 11) is 0. The number of benzene rings is 1. The molecule has 8 nitrogen and oxygen atoms in total. The van der Waals surface area contributed by atoms with Gasteiger partial charge < -0.3 is 10.4 Å². The maximum Gasteiger partial charge on any atom is 0.416 e. The Morgan fingerprint density at radius 3 is 2.47 bits per heavy atom. The van der Waals surface area contributed by atoms with E-state index >= 15 is 0 Å². The summed E-state index contributed by atoms with van der Waals surface area (Å²) in [5.41, 5.74) is 1.36. The van der Waals surface area contributed by atoms with Crippen LogP contribution in [0.1, 0.15) is 41.4 Å². The van der Waals surface area contributed by atoms with Crippen molar-refractivity contribution in [2.75, 3.05) is 5.32 Å². The van der Waals surface area contributed by atoms with Crippen LogP contribution < -0.4 is 5.32 Å². The fraction of sp³-hybridized carbons (Fsp3) is 0.190. The molecule has 2 N–H and O–H groups in total. The predicted octanol–water partition coefficient (Wildman–Crippen LogP) is 4.31. The number of amides is 1. The maximum absolute atomic E-state index is 12.8. The number of carbonyl (C=O) groups excluding carboxylic acids is 1. The number of hydrogen-bond donors (Lipinski definition) is 2. The second-order valence-electron chi connectivity index (χ2n) is 7.27. The molecule has 0 saturated carbocycles. The molecule has 0 spiro atoms. The average Bonchev–Trinajstić information content (AvgIpc) is 3.15. The van der Waals surface area contributed by atoms with Gasteiger partial charge in [-0.15, -0.1) is 0 Å². The lowest BCUT2D eigenvalue weighted by atomic mass is 10.1. The van der Waals surface area contributed by atoms with Crippen molar-refractivity contribution in [1.82, 2.24) is 24.7 Å². The van der Waals surface area contributed by atoms with Gasteiger partial charge in [-0.1, -0.05) is 13.8 Å². The van der Waals surface area contributed by atoms with Gasteiger partial charge >= 0.3 is 6.18 Å². The number of hydrogen-bond acceptors (Lipinski definition) is 6. The van der Waals surface area contributed by atoms with Crippen LogP contribution >= 0.6 is 0 Å². The lowest BCUT2D eigenvalue weighted by molar-refractivity contribution is -0.137. The van der Waals surface area contributed by atoms with E-state index in [-0.39, 0.29) is 23.2 Å². The normalized spacial score (nSPS) is 11.8. The zero-order chi connectivity index (χ0) is 23.0. The first-order chi connectivity index (χ1) is 15.1. The quantitative estimate of drug-likeness (QED) is 0.488. The van der Waals surface area contributed by atoms with Crippen molar-refractivity contribution in [3.05, 3.63) is 65.7 Å². The molecule has 1 aromatic carbocycles. The molecule has 0 fully saturated rings. The first-order valence-electron chi connectivity index (χ1n) is 9.53. The number of anilines is 1. The van der Waals surface area contributed by atoms with E-state index in [4.69, 9.17) is 0 Å². The highest BCUT2D eigenvalue weighted by Gasteiger charge is 2.31. The average molecular weight is 442 g/mol. The Bertz CT molecular complexity index is 1300. The number of alkyl halides is 3. The Labute approximate surface area is 179 Å². The molecule has 0 atom stereocenters. The van der Waals surface area contributed by atoms with E-state index in [1.807, 2.05) is 13.8 Å². The molecule has 0 aliphatic carbocycles. The van der Waals surface area contributed by atoms with Crippen LogP contribution in [0.5, 0.6) is 5.88 Å². The highest BCUT2D eigenvalue weighted by molar-refractivity contribution is 6.03. The van der Waals surface area contributed by atoms with E-state index in [1.165, 1.54) is 23.1 Å². The SMILES string of the molecule is CC(C)c1nn(-c2ccc(C(=O)Nc3cc(C(F)(F)F)ccn3)cc2)c2c(O)ncnc12. The number of rotatable bonds is 4. The van der Waals surface area contributed by atoms with Gasteiger partial charge in [-0.05, 0) is 42.3 Å². The highest BCUT2D eigenvalue weighted by Crippen LogP contribution is 2.31. The van der Waals surface area contributed by atoms with E-state index in [0.717, 1.165) is 18.3 Å². The molecule has 0 radical (unpaired) electrons. The first kappa shape index (κ1) is 21.2. The summed E-state index contributed by atoms with van der Waals surface area (Å²) in [4.78, 5) is 24.3. The molecular weight excluding hydrogens is 425 g/mol. The number of carbonyl (C=O) groups is 1. The Morgan fingerprint density at radius 1 is 1.09 bits per heavy atom. The van der Waals surface area contributed by atoms with Crippen molar-refractivity contribution in [2.24, 2.45) is 0 Å². The number of pyridine rings is 1. The molecule has 0 saturated heterocycles. The number of nitrogens with zero attached hydrogens (tertiary/aromatic N) is 5.